The van der Waals surface area contributed by atoms with Gasteiger partial charge in [-0.15, -0.1) is 0 Å². The van der Waals surface area contributed by atoms with Crippen molar-refractivity contribution in [2.45, 2.75) is 0 Å². The van der Waals surface area contributed by atoms with Crippen LogP contribution in [0.1, 0.15) is 10.5 Å². The Morgan fingerprint density at radius 2 is 2.19 bits per heavy atom. The van der Waals surface area contributed by atoms with Gasteiger partial charge in [-0.05, 0) is 22.0 Å². The molecule has 1 heterocycles. The number of carbonyl (C=O) groups is 1. The lowest BCUT2D eigenvalue weighted by molar-refractivity contribution is 0.0798. The predicted octanol–water partition coefficient (Wildman–Crippen LogP) is 0.894. The van der Waals surface area contributed by atoms with E-state index in [4.69, 9.17) is 0 Å². The van der Waals surface area contributed by atoms with Gasteiger partial charge in [0.05, 0.1) is 5.75 Å². The fourth-order valence-electron chi connectivity index (χ4n) is 1.10. The molecule has 0 spiro atoms. The number of nitrogens with one attached hydrogen (secondary N) is 1. The molecule has 16 heavy (non-hydrogen) atoms. The van der Waals surface area contributed by atoms with Crippen molar-refractivity contribution in [1.29, 1.82) is 0 Å². The summed E-state index contributed by atoms with van der Waals surface area (Å²) in [5.41, 5.74) is 0.433. The van der Waals surface area contributed by atoms with Crippen LogP contribution in [0.3, 0.4) is 0 Å². The summed E-state index contributed by atoms with van der Waals surface area (Å²) in [6, 6.07) is 1.65. The number of rotatable bonds is 4. The SMILES string of the molecule is CN(CCS(C)(=O)=O)C(=O)c1cc(Br)c[nH]1. The average Bonchev–Trinajstić information content (AvgIpc) is 2.59. The second kappa shape index (κ2) is 5.01. The number of sulfone groups is 1. The average molecular weight is 309 g/mol. The lowest BCUT2D eigenvalue weighted by Crippen LogP contribution is -2.31. The molecule has 1 N–H and O–H groups in total. The van der Waals surface area contributed by atoms with E-state index in [0.29, 0.717) is 5.69 Å². The Morgan fingerprint density at radius 3 is 2.62 bits per heavy atom. The molecule has 0 aliphatic heterocycles. The molecular weight excluding hydrogens is 296 g/mol. The quantitative estimate of drug-likeness (QED) is 0.898. The molecule has 0 radical (unpaired) electrons. The van der Waals surface area contributed by atoms with Crippen LogP contribution < -0.4 is 0 Å². The number of hydrogen-bond acceptors (Lipinski definition) is 3. The molecular formula is C9H13BrN2O3S. The van der Waals surface area contributed by atoms with E-state index in [9.17, 15) is 13.2 Å². The molecule has 90 valence electrons. The van der Waals surface area contributed by atoms with E-state index in [1.54, 1.807) is 19.3 Å². The summed E-state index contributed by atoms with van der Waals surface area (Å²) in [5.74, 6) is -0.258. The van der Waals surface area contributed by atoms with Crippen molar-refractivity contribution in [3.63, 3.8) is 0 Å². The van der Waals surface area contributed by atoms with Gasteiger partial charge in [0.2, 0.25) is 0 Å². The van der Waals surface area contributed by atoms with E-state index in [0.717, 1.165) is 10.7 Å². The Hall–Kier alpha value is -0.820. The van der Waals surface area contributed by atoms with Gasteiger partial charge in [-0.25, -0.2) is 8.42 Å². The molecule has 1 rings (SSSR count). The minimum absolute atomic E-state index is 0.0306. The summed E-state index contributed by atoms with van der Waals surface area (Å²) in [5, 5.41) is 0. The zero-order valence-corrected chi connectivity index (χ0v) is 11.4. The van der Waals surface area contributed by atoms with E-state index < -0.39 is 9.84 Å². The van der Waals surface area contributed by atoms with Crippen LogP contribution in [0.5, 0.6) is 0 Å². The number of aromatic nitrogens is 1. The van der Waals surface area contributed by atoms with Gasteiger partial charge in [-0.2, -0.15) is 0 Å². The third-order valence-corrected chi connectivity index (χ3v) is 3.40. The normalized spacial score (nSPS) is 11.4. The van der Waals surface area contributed by atoms with E-state index >= 15 is 0 Å². The summed E-state index contributed by atoms with van der Waals surface area (Å²) >= 11 is 3.22. The Kier molecular flexibility index (Phi) is 4.15. The monoisotopic (exact) mass is 308 g/mol. The highest BCUT2D eigenvalue weighted by Crippen LogP contribution is 2.11. The van der Waals surface area contributed by atoms with Crippen LogP contribution in [0.2, 0.25) is 0 Å². The first-order valence-electron chi connectivity index (χ1n) is 4.57. The predicted molar refractivity (Wildman–Crippen MR) is 65.2 cm³/mol. The van der Waals surface area contributed by atoms with Gasteiger partial charge < -0.3 is 9.88 Å². The van der Waals surface area contributed by atoms with Gasteiger partial charge in [0.25, 0.3) is 5.91 Å². The molecule has 0 fully saturated rings. The largest absolute Gasteiger partial charge is 0.356 e. The lowest BCUT2D eigenvalue weighted by Gasteiger charge is -2.15. The second-order valence-corrected chi connectivity index (χ2v) is 6.76. The standard InChI is InChI=1S/C9H13BrN2O3S/c1-12(3-4-16(2,14)15)9(13)8-5-7(10)6-11-8/h5-6,11H,3-4H2,1-2H3. The van der Waals surface area contributed by atoms with Crippen molar-refractivity contribution >= 4 is 31.7 Å². The maximum Gasteiger partial charge on any atom is 0.270 e. The molecule has 7 heteroatoms. The summed E-state index contributed by atoms with van der Waals surface area (Å²) in [4.78, 5) is 15.9. The zero-order chi connectivity index (χ0) is 12.3. The Morgan fingerprint density at radius 1 is 1.56 bits per heavy atom. The molecule has 0 aromatic carbocycles. The minimum Gasteiger partial charge on any atom is -0.356 e. The number of hydrogen-bond donors (Lipinski definition) is 1. The number of halogens is 1. The minimum atomic E-state index is -3.04. The number of H-pyrrole nitrogens is 1. The first-order chi connectivity index (χ1) is 7.29. The van der Waals surface area contributed by atoms with Crippen molar-refractivity contribution in [3.8, 4) is 0 Å². The molecule has 0 bridgehead atoms. The van der Waals surface area contributed by atoms with Crippen LogP contribution in [0.25, 0.3) is 0 Å². The van der Waals surface area contributed by atoms with Crippen LogP contribution in [-0.4, -0.2) is 49.8 Å². The van der Waals surface area contributed by atoms with Crippen molar-refractivity contribution in [3.05, 3.63) is 22.4 Å². The Bertz CT molecular complexity index is 481. The van der Waals surface area contributed by atoms with Crippen molar-refractivity contribution in [2.24, 2.45) is 0 Å². The first kappa shape index (κ1) is 13.2. The van der Waals surface area contributed by atoms with Crippen molar-refractivity contribution in [2.75, 3.05) is 25.6 Å². The molecule has 0 saturated heterocycles. The van der Waals surface area contributed by atoms with Crippen molar-refractivity contribution < 1.29 is 13.2 Å². The second-order valence-electron chi connectivity index (χ2n) is 3.59. The topological polar surface area (TPSA) is 70.2 Å². The molecule has 0 atom stereocenters. The highest BCUT2D eigenvalue weighted by molar-refractivity contribution is 9.10. The molecule has 5 nitrogen and oxygen atoms in total. The maximum atomic E-state index is 11.8. The van der Waals surface area contributed by atoms with Crippen LogP contribution >= 0.6 is 15.9 Å². The van der Waals surface area contributed by atoms with E-state index in [1.807, 2.05) is 0 Å². The van der Waals surface area contributed by atoms with Gasteiger partial charge in [0.1, 0.15) is 15.5 Å². The number of aromatic amines is 1. The van der Waals surface area contributed by atoms with Gasteiger partial charge in [-0.1, -0.05) is 0 Å². The fourth-order valence-corrected chi connectivity index (χ4v) is 2.05. The number of carbonyl (C=O) groups excluding carboxylic acids is 1. The van der Waals surface area contributed by atoms with Crippen molar-refractivity contribution in [1.82, 2.24) is 9.88 Å². The molecule has 0 unspecified atom stereocenters. The van der Waals surface area contributed by atoms with Crippen LogP contribution in [0, 0.1) is 0 Å². The third-order valence-electron chi connectivity index (χ3n) is 2.02. The molecule has 1 aromatic heterocycles. The molecule has 0 aliphatic rings. The molecule has 0 aliphatic carbocycles. The van der Waals surface area contributed by atoms with Crippen LogP contribution in [0.15, 0.2) is 16.7 Å². The van der Waals surface area contributed by atoms with E-state index in [1.165, 1.54) is 4.90 Å². The number of nitrogens with zero attached hydrogens (tertiary/aromatic N) is 1. The third kappa shape index (κ3) is 3.97. The Balaban J connectivity index is 2.61. The number of amides is 1. The van der Waals surface area contributed by atoms with Crippen LogP contribution in [-0.2, 0) is 9.84 Å². The molecule has 0 saturated carbocycles. The molecule has 1 amide bonds. The summed E-state index contributed by atoms with van der Waals surface area (Å²) < 4.78 is 22.7. The van der Waals surface area contributed by atoms with E-state index in [2.05, 4.69) is 20.9 Å². The molecule has 1 aromatic rings. The van der Waals surface area contributed by atoms with Gasteiger partial charge in [0, 0.05) is 30.5 Å². The van der Waals surface area contributed by atoms with E-state index in [-0.39, 0.29) is 18.2 Å². The maximum absolute atomic E-state index is 11.8. The highest BCUT2D eigenvalue weighted by atomic mass is 79.9. The van der Waals surface area contributed by atoms with Crippen LogP contribution in [0.4, 0.5) is 0 Å². The summed E-state index contributed by atoms with van der Waals surface area (Å²) in [7, 11) is -1.47. The van der Waals surface area contributed by atoms with Gasteiger partial charge >= 0.3 is 0 Å². The Labute approximate surface area is 103 Å². The lowest BCUT2D eigenvalue weighted by atomic mass is 10.4. The fraction of sp³-hybridized carbons (Fsp3) is 0.444. The van der Waals surface area contributed by atoms with Gasteiger partial charge in [-0.3, -0.25) is 4.79 Å². The highest BCUT2D eigenvalue weighted by Gasteiger charge is 2.14. The van der Waals surface area contributed by atoms with Gasteiger partial charge in [0.15, 0.2) is 0 Å². The summed E-state index contributed by atoms with van der Waals surface area (Å²) in [6.07, 6.45) is 2.80. The zero-order valence-electron chi connectivity index (χ0n) is 9.03. The smallest absolute Gasteiger partial charge is 0.270 e. The summed E-state index contributed by atoms with van der Waals surface area (Å²) in [6.45, 7) is 0.189. The first-order valence-corrected chi connectivity index (χ1v) is 7.42.